The van der Waals surface area contributed by atoms with E-state index in [9.17, 15) is 5.11 Å². The second-order valence-corrected chi connectivity index (χ2v) is 3.91. The van der Waals surface area contributed by atoms with E-state index in [2.05, 4.69) is 10.1 Å². The summed E-state index contributed by atoms with van der Waals surface area (Å²) in [7, 11) is 2.88. The van der Waals surface area contributed by atoms with E-state index in [-0.39, 0.29) is 34.6 Å². The second kappa shape index (κ2) is 5.33. The third kappa shape index (κ3) is 2.29. The van der Waals surface area contributed by atoms with Crippen LogP contribution < -0.4 is 15.2 Å². The van der Waals surface area contributed by atoms with E-state index in [1.54, 1.807) is 0 Å². The number of nitrogens with two attached hydrogens (primary N) is 1. The third-order valence-corrected chi connectivity index (χ3v) is 2.84. The van der Waals surface area contributed by atoms with Crippen molar-refractivity contribution in [1.29, 1.82) is 0 Å². The highest BCUT2D eigenvalue weighted by molar-refractivity contribution is 6.35. The highest BCUT2D eigenvalue weighted by Crippen LogP contribution is 2.46. The summed E-state index contributed by atoms with van der Waals surface area (Å²) < 4.78 is 15.3. The van der Waals surface area contributed by atoms with Crippen LogP contribution in [-0.2, 0) is 6.54 Å². The van der Waals surface area contributed by atoms with Crippen molar-refractivity contribution in [3.05, 3.63) is 17.0 Å². The van der Waals surface area contributed by atoms with Crippen LogP contribution in [0.2, 0.25) is 5.02 Å². The maximum atomic E-state index is 9.78. The summed E-state index contributed by atoms with van der Waals surface area (Å²) in [5.41, 5.74) is 5.68. The minimum Gasteiger partial charge on any atom is -0.506 e. The fourth-order valence-corrected chi connectivity index (χ4v) is 1.82. The Kier molecular flexibility index (Phi) is 3.77. The van der Waals surface area contributed by atoms with Gasteiger partial charge >= 0.3 is 0 Å². The summed E-state index contributed by atoms with van der Waals surface area (Å²) in [6, 6.07) is 1.34. The Hall–Kier alpha value is -1.99. The molecule has 2 rings (SSSR count). The number of ether oxygens (including phenoxy) is 2. The summed E-state index contributed by atoms with van der Waals surface area (Å²) in [5, 5.41) is 13.6. The molecule has 1 aromatic heterocycles. The zero-order chi connectivity index (χ0) is 14.0. The maximum Gasteiger partial charge on any atom is 0.240 e. The molecule has 102 valence electrons. The number of nitrogens with zero attached hydrogens (tertiary/aromatic N) is 2. The van der Waals surface area contributed by atoms with E-state index in [1.165, 1.54) is 20.3 Å². The molecule has 0 bridgehead atoms. The van der Waals surface area contributed by atoms with Crippen LogP contribution in [0.5, 0.6) is 17.2 Å². The molecule has 0 fully saturated rings. The average Bonchev–Trinajstić information content (AvgIpc) is 2.89. The van der Waals surface area contributed by atoms with Gasteiger partial charge in [-0.25, -0.2) is 0 Å². The summed E-state index contributed by atoms with van der Waals surface area (Å²) in [6.07, 6.45) is 0. The van der Waals surface area contributed by atoms with E-state index in [0.29, 0.717) is 11.5 Å². The lowest BCUT2D eigenvalue weighted by molar-refractivity contribution is 0.352. The smallest absolute Gasteiger partial charge is 0.240 e. The predicted octanol–water partition coefficient (Wildman–Crippen LogP) is 1.57. The van der Waals surface area contributed by atoms with Gasteiger partial charge in [-0.15, -0.1) is 0 Å². The van der Waals surface area contributed by atoms with E-state index in [4.69, 9.17) is 31.3 Å². The Bertz CT molecular complexity index is 600. The molecule has 0 aliphatic heterocycles. The highest BCUT2D eigenvalue weighted by atomic mass is 35.5. The molecule has 1 heterocycles. The lowest BCUT2D eigenvalue weighted by Crippen LogP contribution is -1.97. The quantitative estimate of drug-likeness (QED) is 0.878. The average molecular weight is 286 g/mol. The van der Waals surface area contributed by atoms with Gasteiger partial charge in [0, 0.05) is 6.07 Å². The van der Waals surface area contributed by atoms with Crippen molar-refractivity contribution in [3.8, 4) is 28.6 Å². The molecular weight excluding hydrogens is 274 g/mol. The van der Waals surface area contributed by atoms with Crippen LogP contribution in [0, 0.1) is 0 Å². The van der Waals surface area contributed by atoms with Crippen LogP contribution in [-0.4, -0.2) is 29.5 Å². The maximum absolute atomic E-state index is 9.78. The molecule has 7 nitrogen and oxygen atoms in total. The predicted molar refractivity (Wildman–Crippen MR) is 67.4 cm³/mol. The molecule has 0 saturated carbocycles. The number of benzene rings is 1. The van der Waals surface area contributed by atoms with Crippen LogP contribution in [0.4, 0.5) is 0 Å². The molecule has 0 radical (unpaired) electrons. The first-order valence-corrected chi connectivity index (χ1v) is 5.66. The fraction of sp³-hybridized carbons (Fsp3) is 0.273. The molecule has 2 aromatic rings. The van der Waals surface area contributed by atoms with Gasteiger partial charge < -0.3 is 24.8 Å². The Morgan fingerprint density at radius 1 is 1.42 bits per heavy atom. The van der Waals surface area contributed by atoms with E-state index >= 15 is 0 Å². The van der Waals surface area contributed by atoms with Gasteiger partial charge in [-0.3, -0.25) is 0 Å². The van der Waals surface area contributed by atoms with Gasteiger partial charge in [0.2, 0.25) is 11.7 Å². The normalized spacial score (nSPS) is 10.5. The number of methoxy groups -OCH3 is 2. The van der Waals surface area contributed by atoms with Gasteiger partial charge in [0.05, 0.1) is 31.4 Å². The second-order valence-electron chi connectivity index (χ2n) is 3.54. The molecule has 0 amide bonds. The first kappa shape index (κ1) is 13.4. The zero-order valence-corrected chi connectivity index (χ0v) is 11.1. The third-order valence-electron chi connectivity index (χ3n) is 2.45. The lowest BCUT2D eigenvalue weighted by atomic mass is 10.1. The monoisotopic (exact) mass is 285 g/mol. The SMILES string of the molecule is COc1cc(O)c(Cl)c(-c2noc(CN)n2)c1OC. The molecule has 3 N–H and O–H groups in total. The van der Waals surface area contributed by atoms with Gasteiger partial charge in [0.15, 0.2) is 11.5 Å². The van der Waals surface area contributed by atoms with Crippen molar-refractivity contribution in [2.24, 2.45) is 5.73 Å². The minimum atomic E-state index is -0.173. The highest BCUT2D eigenvalue weighted by Gasteiger charge is 2.23. The van der Waals surface area contributed by atoms with Crippen molar-refractivity contribution < 1.29 is 19.1 Å². The Morgan fingerprint density at radius 2 is 2.16 bits per heavy atom. The van der Waals surface area contributed by atoms with Crippen LogP contribution >= 0.6 is 11.6 Å². The molecule has 8 heteroatoms. The molecule has 0 aliphatic rings. The molecule has 0 unspecified atom stereocenters. The minimum absolute atomic E-state index is 0.0435. The van der Waals surface area contributed by atoms with Gasteiger partial charge in [-0.2, -0.15) is 4.98 Å². The van der Waals surface area contributed by atoms with Crippen molar-refractivity contribution in [2.75, 3.05) is 14.2 Å². The van der Waals surface area contributed by atoms with Crippen LogP contribution in [0.3, 0.4) is 0 Å². The van der Waals surface area contributed by atoms with Crippen LogP contribution in [0.25, 0.3) is 11.4 Å². The van der Waals surface area contributed by atoms with Crippen LogP contribution in [0.15, 0.2) is 10.6 Å². The lowest BCUT2D eigenvalue weighted by Gasteiger charge is -2.13. The van der Waals surface area contributed by atoms with Gasteiger partial charge in [-0.05, 0) is 0 Å². The van der Waals surface area contributed by atoms with E-state index in [0.717, 1.165) is 0 Å². The number of hydrogen-bond donors (Lipinski definition) is 2. The molecule has 1 aromatic carbocycles. The van der Waals surface area contributed by atoms with E-state index < -0.39 is 0 Å². The number of halogens is 1. The van der Waals surface area contributed by atoms with E-state index in [1.807, 2.05) is 0 Å². The fourth-order valence-electron chi connectivity index (χ4n) is 1.60. The summed E-state index contributed by atoms with van der Waals surface area (Å²) in [5.74, 6) is 0.841. The van der Waals surface area contributed by atoms with Crippen molar-refractivity contribution >= 4 is 11.6 Å². The van der Waals surface area contributed by atoms with Crippen LogP contribution in [0.1, 0.15) is 5.89 Å². The summed E-state index contributed by atoms with van der Waals surface area (Å²) in [6.45, 7) is 0.100. The Labute approximate surface area is 113 Å². The Balaban J connectivity index is 2.69. The number of aromatic nitrogens is 2. The number of aromatic hydroxyl groups is 1. The molecular formula is C11H12ClN3O4. The first-order valence-electron chi connectivity index (χ1n) is 5.28. The molecule has 0 spiro atoms. The molecule has 0 aliphatic carbocycles. The number of phenolic OH excluding ortho intramolecular Hbond substituents is 1. The molecule has 0 atom stereocenters. The molecule has 19 heavy (non-hydrogen) atoms. The topological polar surface area (TPSA) is 104 Å². The van der Waals surface area contributed by atoms with Gasteiger partial charge in [0.1, 0.15) is 5.75 Å². The number of hydrogen-bond acceptors (Lipinski definition) is 7. The van der Waals surface area contributed by atoms with Crippen molar-refractivity contribution in [3.63, 3.8) is 0 Å². The zero-order valence-electron chi connectivity index (χ0n) is 10.3. The summed E-state index contributed by atoms with van der Waals surface area (Å²) in [4.78, 5) is 4.05. The first-order chi connectivity index (χ1) is 9.12. The largest absolute Gasteiger partial charge is 0.506 e. The Morgan fingerprint density at radius 3 is 2.68 bits per heavy atom. The summed E-state index contributed by atoms with van der Waals surface area (Å²) >= 11 is 6.05. The van der Waals surface area contributed by atoms with Crippen molar-refractivity contribution in [1.82, 2.24) is 10.1 Å². The standard InChI is InChI=1S/C11H12ClN3O4/c1-17-6-3-5(16)9(12)8(10(6)18-2)11-14-7(4-13)19-15-11/h3,16H,4,13H2,1-2H3. The molecule has 0 saturated heterocycles. The number of phenols is 1. The van der Waals surface area contributed by atoms with Gasteiger partial charge in [0.25, 0.3) is 0 Å². The number of rotatable bonds is 4. The van der Waals surface area contributed by atoms with Crippen molar-refractivity contribution in [2.45, 2.75) is 6.54 Å². The van der Waals surface area contributed by atoms with Gasteiger partial charge in [-0.1, -0.05) is 16.8 Å².